The van der Waals surface area contributed by atoms with Crippen LogP contribution in [0, 0.1) is 0 Å². The van der Waals surface area contributed by atoms with E-state index >= 15 is 0 Å². The van der Waals surface area contributed by atoms with Crippen LogP contribution < -0.4 is 5.32 Å². The zero-order valence-corrected chi connectivity index (χ0v) is 49.4. The van der Waals surface area contributed by atoms with Gasteiger partial charge in [0, 0.05) is 12.8 Å². The summed E-state index contributed by atoms with van der Waals surface area (Å²) in [7, 11) is 0. The molecule has 0 bridgehead atoms. The highest BCUT2D eigenvalue weighted by atomic mass is 16.5. The van der Waals surface area contributed by atoms with Crippen LogP contribution >= 0.6 is 0 Å². The van der Waals surface area contributed by atoms with Gasteiger partial charge in [0.25, 0.3) is 0 Å². The number of nitrogens with one attached hydrogen (secondary N) is 1. The number of aliphatic hydroxyl groups is 2. The highest BCUT2D eigenvalue weighted by Crippen LogP contribution is 2.18. The molecule has 2 unspecified atom stereocenters. The predicted molar refractivity (Wildman–Crippen MR) is 320 cm³/mol. The van der Waals surface area contributed by atoms with Gasteiger partial charge in [-0.1, -0.05) is 308 Å². The van der Waals surface area contributed by atoms with Gasteiger partial charge in [-0.15, -0.1) is 0 Å². The summed E-state index contributed by atoms with van der Waals surface area (Å²) < 4.78 is 5.46. The molecule has 6 heteroatoms. The third-order valence-electron chi connectivity index (χ3n) is 15.5. The number of aliphatic hydroxyl groups excluding tert-OH is 2. The second kappa shape index (κ2) is 62.9. The van der Waals surface area contributed by atoms with Gasteiger partial charge in [-0.3, -0.25) is 9.59 Å². The molecule has 0 heterocycles. The van der Waals surface area contributed by atoms with Crippen molar-refractivity contribution in [3.63, 3.8) is 0 Å². The van der Waals surface area contributed by atoms with Crippen molar-refractivity contribution in [3.05, 3.63) is 24.3 Å². The standard InChI is InChI=1S/C67H129NO5/c1-3-5-7-9-11-13-15-16-17-30-33-36-40-43-47-51-55-59-65(70)64(63-69)68-66(71)60-56-52-48-44-41-37-34-31-28-26-24-22-20-18-19-21-23-25-27-29-32-35-38-42-46-50-54-58-62-73-67(72)61-57-53-49-45-39-14-12-10-8-6-4-2/h10,12,18-19,64-65,69-70H,3-9,11,13-17,20-63H2,1-2H3,(H,68,71)/b12-10-,19-18-. The first-order valence-electron chi connectivity index (χ1n) is 33.1. The summed E-state index contributed by atoms with van der Waals surface area (Å²) in [6.07, 6.45) is 77.8. The van der Waals surface area contributed by atoms with E-state index in [1.54, 1.807) is 0 Å². The van der Waals surface area contributed by atoms with Crippen LogP contribution in [0.5, 0.6) is 0 Å². The highest BCUT2D eigenvalue weighted by Gasteiger charge is 2.20. The van der Waals surface area contributed by atoms with Crippen LogP contribution in [-0.4, -0.2) is 47.4 Å². The van der Waals surface area contributed by atoms with Crippen molar-refractivity contribution in [2.45, 2.75) is 379 Å². The Balaban J connectivity index is 3.38. The van der Waals surface area contributed by atoms with Crippen molar-refractivity contribution in [2.24, 2.45) is 0 Å². The second-order valence-electron chi connectivity index (χ2n) is 22.8. The smallest absolute Gasteiger partial charge is 0.305 e. The number of hydrogen-bond acceptors (Lipinski definition) is 5. The van der Waals surface area contributed by atoms with E-state index in [0.717, 1.165) is 44.9 Å². The van der Waals surface area contributed by atoms with Crippen LogP contribution in [0.2, 0.25) is 0 Å². The Morgan fingerprint density at radius 2 is 0.658 bits per heavy atom. The lowest BCUT2D eigenvalue weighted by Gasteiger charge is -2.22. The monoisotopic (exact) mass is 1030 g/mol. The van der Waals surface area contributed by atoms with Crippen LogP contribution in [0.1, 0.15) is 367 Å². The Morgan fingerprint density at radius 3 is 1.01 bits per heavy atom. The molecule has 0 aliphatic heterocycles. The minimum Gasteiger partial charge on any atom is -0.466 e. The molecule has 0 fully saturated rings. The van der Waals surface area contributed by atoms with Crippen LogP contribution in [0.25, 0.3) is 0 Å². The molecule has 0 saturated carbocycles. The normalized spacial score (nSPS) is 12.7. The molecule has 0 aliphatic carbocycles. The molecule has 432 valence electrons. The molecule has 0 aromatic carbocycles. The maximum absolute atomic E-state index is 12.5. The van der Waals surface area contributed by atoms with E-state index in [2.05, 4.69) is 43.5 Å². The minimum absolute atomic E-state index is 0.00509. The van der Waals surface area contributed by atoms with Gasteiger partial charge in [0.2, 0.25) is 5.91 Å². The molecule has 3 N–H and O–H groups in total. The van der Waals surface area contributed by atoms with Crippen molar-refractivity contribution in [1.82, 2.24) is 5.32 Å². The van der Waals surface area contributed by atoms with Crippen LogP contribution in [0.3, 0.4) is 0 Å². The molecule has 0 aromatic heterocycles. The van der Waals surface area contributed by atoms with Crippen molar-refractivity contribution < 1.29 is 24.5 Å². The number of unbranched alkanes of at least 4 members (excludes halogenated alkanes) is 47. The van der Waals surface area contributed by atoms with Gasteiger partial charge >= 0.3 is 5.97 Å². The number of carbonyl (C=O) groups excluding carboxylic acids is 2. The fraction of sp³-hybridized carbons (Fsp3) is 0.910. The fourth-order valence-corrected chi connectivity index (χ4v) is 10.4. The van der Waals surface area contributed by atoms with Gasteiger partial charge in [0.15, 0.2) is 0 Å². The molecule has 0 aliphatic rings. The van der Waals surface area contributed by atoms with Gasteiger partial charge < -0.3 is 20.3 Å². The number of amides is 1. The van der Waals surface area contributed by atoms with E-state index in [-0.39, 0.29) is 18.5 Å². The molecule has 6 nitrogen and oxygen atoms in total. The fourth-order valence-electron chi connectivity index (χ4n) is 10.4. The molecular weight excluding hydrogens is 899 g/mol. The molecule has 1 amide bonds. The summed E-state index contributed by atoms with van der Waals surface area (Å²) in [4.78, 5) is 24.5. The third kappa shape index (κ3) is 59.4. The molecule has 0 rings (SSSR count). The minimum atomic E-state index is -0.664. The summed E-state index contributed by atoms with van der Waals surface area (Å²) in [5, 5.41) is 23.3. The topological polar surface area (TPSA) is 95.9 Å². The van der Waals surface area contributed by atoms with E-state index < -0.39 is 12.1 Å². The lowest BCUT2D eigenvalue weighted by atomic mass is 10.0. The van der Waals surface area contributed by atoms with E-state index in [4.69, 9.17) is 4.74 Å². The predicted octanol–water partition coefficient (Wildman–Crippen LogP) is 21.0. The lowest BCUT2D eigenvalue weighted by molar-refractivity contribution is -0.143. The number of ether oxygens (including phenoxy) is 1. The zero-order valence-electron chi connectivity index (χ0n) is 49.4. The molecule has 0 aromatic rings. The van der Waals surface area contributed by atoms with E-state index in [9.17, 15) is 19.8 Å². The van der Waals surface area contributed by atoms with E-state index in [0.29, 0.717) is 25.9 Å². The Morgan fingerprint density at radius 1 is 0.370 bits per heavy atom. The van der Waals surface area contributed by atoms with E-state index in [1.807, 2.05) is 0 Å². The van der Waals surface area contributed by atoms with Gasteiger partial charge in [-0.2, -0.15) is 0 Å². The number of rotatable bonds is 62. The van der Waals surface area contributed by atoms with Gasteiger partial charge in [0.05, 0.1) is 25.4 Å². The molecule has 73 heavy (non-hydrogen) atoms. The molecule has 0 radical (unpaired) electrons. The van der Waals surface area contributed by atoms with Crippen molar-refractivity contribution in [3.8, 4) is 0 Å². The first kappa shape index (κ1) is 71.3. The Bertz CT molecular complexity index is 1140. The summed E-state index contributed by atoms with van der Waals surface area (Å²) in [6.45, 7) is 4.94. The zero-order chi connectivity index (χ0) is 52.9. The number of allylic oxidation sites excluding steroid dienone is 4. The lowest BCUT2D eigenvalue weighted by Crippen LogP contribution is -2.45. The molecule has 2 atom stereocenters. The average molecular weight is 1030 g/mol. The molecule has 0 spiro atoms. The summed E-state index contributed by atoms with van der Waals surface area (Å²) in [6, 6.07) is -0.541. The molecular formula is C67H129NO5. The quantitative estimate of drug-likeness (QED) is 0.0320. The Kier molecular flexibility index (Phi) is 61.4. The Labute approximate surface area is 456 Å². The van der Waals surface area contributed by atoms with Crippen molar-refractivity contribution in [1.29, 1.82) is 0 Å². The van der Waals surface area contributed by atoms with Gasteiger partial charge in [0.1, 0.15) is 0 Å². The maximum atomic E-state index is 12.5. The van der Waals surface area contributed by atoms with Gasteiger partial charge in [-0.05, 0) is 70.6 Å². The largest absolute Gasteiger partial charge is 0.466 e. The Hall–Kier alpha value is -1.66. The average Bonchev–Trinajstić information content (AvgIpc) is 3.39. The summed E-state index contributed by atoms with van der Waals surface area (Å²) in [5.74, 6) is -0.0268. The number of carbonyl (C=O) groups is 2. The SMILES string of the molecule is CCCC/C=C\CCCCCCCC(=O)OCCCCCCCCCCCCCC/C=C\CCCCCCCCCCCCCCC(=O)NC(CO)C(O)CCCCCCCCCCCCCCCCCCC. The van der Waals surface area contributed by atoms with Crippen LogP contribution in [-0.2, 0) is 14.3 Å². The van der Waals surface area contributed by atoms with E-state index in [1.165, 1.54) is 289 Å². The number of hydrogen-bond donors (Lipinski definition) is 3. The summed E-state index contributed by atoms with van der Waals surface area (Å²) >= 11 is 0. The summed E-state index contributed by atoms with van der Waals surface area (Å²) in [5.41, 5.74) is 0. The second-order valence-corrected chi connectivity index (χ2v) is 22.8. The maximum Gasteiger partial charge on any atom is 0.305 e. The molecule has 0 saturated heterocycles. The van der Waals surface area contributed by atoms with Crippen LogP contribution in [0.15, 0.2) is 24.3 Å². The van der Waals surface area contributed by atoms with Gasteiger partial charge in [-0.25, -0.2) is 0 Å². The first-order chi connectivity index (χ1) is 36.0. The first-order valence-corrected chi connectivity index (χ1v) is 33.1. The number of esters is 1. The highest BCUT2D eigenvalue weighted by molar-refractivity contribution is 5.76. The third-order valence-corrected chi connectivity index (χ3v) is 15.5. The van der Waals surface area contributed by atoms with Crippen LogP contribution in [0.4, 0.5) is 0 Å². The van der Waals surface area contributed by atoms with Crippen molar-refractivity contribution in [2.75, 3.05) is 13.2 Å². The van der Waals surface area contributed by atoms with Crippen molar-refractivity contribution >= 4 is 11.9 Å².